The molecule has 39 heavy (non-hydrogen) atoms. The SMILES string of the molecule is CC([NH2+]CCOCC[NH2+]C(C)C(O)c1ccccc1)C(O)c1ccccc1.O=C([O-])C(=O)O.O=C([O-])C(=O)O. The lowest BCUT2D eigenvalue weighted by atomic mass is 10.0. The van der Waals surface area contributed by atoms with Crippen LogP contribution in [0.3, 0.4) is 0 Å². The Morgan fingerprint density at radius 3 is 1.23 bits per heavy atom. The zero-order valence-electron chi connectivity index (χ0n) is 21.7. The van der Waals surface area contributed by atoms with Gasteiger partial charge in [0.15, 0.2) is 11.9 Å². The molecule has 0 saturated heterocycles. The fourth-order valence-corrected chi connectivity index (χ4v) is 3.10. The number of aliphatic hydroxyl groups excluding tert-OH is 2. The maximum atomic E-state index is 10.3. The van der Waals surface area contributed by atoms with Gasteiger partial charge in [-0.15, -0.1) is 0 Å². The second-order valence-corrected chi connectivity index (χ2v) is 8.28. The summed E-state index contributed by atoms with van der Waals surface area (Å²) in [5.74, 6) is -8.02. The molecule has 0 saturated carbocycles. The lowest BCUT2D eigenvalue weighted by Gasteiger charge is -2.18. The Hall–Kier alpha value is -3.88. The molecule has 2 aromatic rings. The zero-order valence-corrected chi connectivity index (χ0v) is 21.7. The van der Waals surface area contributed by atoms with Crippen LogP contribution in [0.2, 0.25) is 0 Å². The molecule has 8 N–H and O–H groups in total. The van der Waals surface area contributed by atoms with Gasteiger partial charge in [-0.2, -0.15) is 0 Å². The third-order valence-corrected chi connectivity index (χ3v) is 5.23. The summed E-state index contributed by atoms with van der Waals surface area (Å²) in [5, 5.41) is 57.5. The van der Waals surface area contributed by atoms with Gasteiger partial charge in [0.2, 0.25) is 0 Å². The van der Waals surface area contributed by atoms with E-state index in [-0.39, 0.29) is 12.1 Å². The highest BCUT2D eigenvalue weighted by molar-refractivity contribution is 6.26. The van der Waals surface area contributed by atoms with Gasteiger partial charge >= 0.3 is 11.9 Å². The van der Waals surface area contributed by atoms with Gasteiger partial charge in [0, 0.05) is 0 Å². The Morgan fingerprint density at radius 1 is 0.692 bits per heavy atom. The van der Waals surface area contributed by atoms with Crippen molar-refractivity contribution in [2.45, 2.75) is 38.1 Å². The Bertz CT molecular complexity index is 886. The Labute approximate surface area is 225 Å². The first-order valence-corrected chi connectivity index (χ1v) is 12.0. The van der Waals surface area contributed by atoms with Crippen LogP contribution in [0.1, 0.15) is 37.2 Å². The van der Waals surface area contributed by atoms with Crippen molar-refractivity contribution in [3.05, 3.63) is 71.8 Å². The van der Waals surface area contributed by atoms with E-state index in [0.29, 0.717) is 13.2 Å². The highest BCUT2D eigenvalue weighted by Gasteiger charge is 2.19. The van der Waals surface area contributed by atoms with Gasteiger partial charge in [0.05, 0.1) is 26.3 Å². The number of benzene rings is 2. The van der Waals surface area contributed by atoms with E-state index in [9.17, 15) is 10.2 Å². The van der Waals surface area contributed by atoms with Crippen LogP contribution in [0.25, 0.3) is 0 Å². The molecule has 2 rings (SSSR count). The molecule has 13 heteroatoms. The van der Waals surface area contributed by atoms with Crippen molar-refractivity contribution in [1.29, 1.82) is 0 Å². The second-order valence-electron chi connectivity index (χ2n) is 8.28. The minimum Gasteiger partial charge on any atom is -0.539 e. The molecule has 0 aliphatic carbocycles. The zero-order chi connectivity index (χ0) is 29.8. The predicted molar refractivity (Wildman–Crippen MR) is 131 cm³/mol. The molecule has 2 aromatic carbocycles. The number of ether oxygens (including phenoxy) is 1. The van der Waals surface area contributed by atoms with Crippen molar-refractivity contribution in [2.24, 2.45) is 0 Å². The number of carboxylic acids is 4. The molecule has 0 fully saturated rings. The van der Waals surface area contributed by atoms with E-state index in [1.807, 2.05) is 74.5 Å². The normalized spacial score (nSPS) is 13.2. The second kappa shape index (κ2) is 20.1. The number of hydrogen-bond donors (Lipinski definition) is 6. The van der Waals surface area contributed by atoms with Crippen LogP contribution in [-0.2, 0) is 23.9 Å². The van der Waals surface area contributed by atoms with Crippen LogP contribution in [0.15, 0.2) is 60.7 Å². The molecule has 0 spiro atoms. The lowest BCUT2D eigenvalue weighted by Crippen LogP contribution is -2.92. The largest absolute Gasteiger partial charge is 0.539 e. The van der Waals surface area contributed by atoms with Gasteiger partial charge in [-0.1, -0.05) is 60.7 Å². The minimum absolute atomic E-state index is 0.0867. The van der Waals surface area contributed by atoms with E-state index in [0.717, 1.165) is 24.2 Å². The van der Waals surface area contributed by atoms with E-state index in [1.165, 1.54) is 0 Å². The first-order chi connectivity index (χ1) is 18.4. The van der Waals surface area contributed by atoms with Gasteiger partial charge < -0.3 is 55.6 Å². The number of nitrogens with two attached hydrogens (primary N) is 2. The Balaban J connectivity index is 0.00000100. The average molecular weight is 553 g/mol. The number of rotatable bonds is 12. The molecule has 0 heterocycles. The lowest BCUT2D eigenvalue weighted by molar-refractivity contribution is -0.700. The maximum Gasteiger partial charge on any atom is 0.351 e. The summed E-state index contributed by atoms with van der Waals surface area (Å²) in [6.45, 7) is 6.97. The molecule has 13 nitrogen and oxygen atoms in total. The van der Waals surface area contributed by atoms with Crippen molar-refractivity contribution in [3.8, 4) is 0 Å². The van der Waals surface area contributed by atoms with E-state index in [4.69, 9.17) is 44.3 Å². The quantitative estimate of drug-likeness (QED) is 0.110. The van der Waals surface area contributed by atoms with Crippen LogP contribution in [0, 0.1) is 0 Å². The third-order valence-electron chi connectivity index (χ3n) is 5.23. The molecule has 0 aliphatic rings. The van der Waals surface area contributed by atoms with Gasteiger partial charge in [-0.3, -0.25) is 0 Å². The number of aliphatic hydroxyl groups is 2. The molecule has 0 aliphatic heterocycles. The molecule has 0 aromatic heterocycles. The van der Waals surface area contributed by atoms with Crippen molar-refractivity contribution >= 4 is 23.9 Å². The predicted octanol–water partition coefficient (Wildman–Crippen LogP) is -3.98. The summed E-state index contributed by atoms with van der Waals surface area (Å²) in [7, 11) is 0. The van der Waals surface area contributed by atoms with Crippen LogP contribution in [0.4, 0.5) is 0 Å². The monoisotopic (exact) mass is 552 g/mol. The number of aliphatic carboxylic acids is 4. The standard InChI is InChI=1S/C22H32N2O3.2C2H2O4/c1-17(21(25)19-9-5-3-6-10-19)23-13-15-27-16-14-24-18(2)22(26)20-11-7-4-8-12-20;2*3-1(4)2(5)6/h3-12,17-18,21-26H,13-16H2,1-2H3;2*(H,3,4)(H,5,6). The van der Waals surface area contributed by atoms with Crippen molar-refractivity contribution in [3.63, 3.8) is 0 Å². The number of carbonyl (C=O) groups excluding carboxylic acids is 2. The number of carboxylic acid groups (broad SMARTS) is 4. The fraction of sp³-hybridized carbons (Fsp3) is 0.385. The summed E-state index contributed by atoms with van der Waals surface area (Å²) < 4.78 is 5.68. The maximum absolute atomic E-state index is 10.3. The van der Waals surface area contributed by atoms with E-state index in [1.54, 1.807) is 0 Å². The van der Waals surface area contributed by atoms with Crippen molar-refractivity contribution in [1.82, 2.24) is 0 Å². The number of quaternary nitrogens is 2. The molecule has 4 unspecified atom stereocenters. The van der Waals surface area contributed by atoms with Crippen molar-refractivity contribution in [2.75, 3.05) is 26.3 Å². The fourth-order valence-electron chi connectivity index (χ4n) is 3.10. The molecule has 216 valence electrons. The summed E-state index contributed by atoms with van der Waals surface area (Å²) in [5.41, 5.74) is 1.89. The summed E-state index contributed by atoms with van der Waals surface area (Å²) in [4.78, 5) is 36.1. The summed E-state index contributed by atoms with van der Waals surface area (Å²) in [6.07, 6.45) is -0.945. The summed E-state index contributed by atoms with van der Waals surface area (Å²) in [6, 6.07) is 19.7. The third kappa shape index (κ3) is 16.5. The Morgan fingerprint density at radius 2 is 0.974 bits per heavy atom. The first kappa shape index (κ1) is 35.1. The summed E-state index contributed by atoms with van der Waals surface area (Å²) >= 11 is 0. The number of hydrogen-bond acceptors (Lipinski definition) is 9. The van der Waals surface area contributed by atoms with E-state index >= 15 is 0 Å². The Kier molecular flexibility index (Phi) is 18.1. The molecular weight excluding hydrogens is 516 g/mol. The highest BCUT2D eigenvalue weighted by Crippen LogP contribution is 2.14. The molecule has 0 amide bonds. The molecule has 0 bridgehead atoms. The van der Waals surface area contributed by atoms with Crippen molar-refractivity contribution < 1.29 is 65.2 Å². The smallest absolute Gasteiger partial charge is 0.351 e. The topological polar surface area (TPSA) is 238 Å². The first-order valence-electron chi connectivity index (χ1n) is 12.0. The van der Waals surface area contributed by atoms with Crippen LogP contribution in [-0.4, -0.2) is 82.7 Å². The van der Waals surface area contributed by atoms with Crippen LogP contribution < -0.4 is 20.8 Å². The van der Waals surface area contributed by atoms with Gasteiger partial charge in [0.1, 0.15) is 24.3 Å². The van der Waals surface area contributed by atoms with Gasteiger partial charge in [0.25, 0.3) is 0 Å². The van der Waals surface area contributed by atoms with Crippen LogP contribution in [0.5, 0.6) is 0 Å². The molecular formula is C26H36N2O11. The van der Waals surface area contributed by atoms with Gasteiger partial charge in [-0.25, -0.2) is 9.59 Å². The number of carbonyl (C=O) groups is 4. The molecule has 4 atom stereocenters. The van der Waals surface area contributed by atoms with E-state index < -0.39 is 36.1 Å². The van der Waals surface area contributed by atoms with Crippen LogP contribution >= 0.6 is 0 Å². The molecule has 0 radical (unpaired) electrons. The van der Waals surface area contributed by atoms with Gasteiger partial charge in [-0.05, 0) is 25.0 Å². The highest BCUT2D eigenvalue weighted by atomic mass is 16.5. The minimum atomic E-state index is -2.07. The average Bonchev–Trinajstić information content (AvgIpc) is 2.92. The van der Waals surface area contributed by atoms with E-state index in [2.05, 4.69) is 10.6 Å².